The number of hydrogen-bond donors (Lipinski definition) is 1. The SMILES string of the molecule is COc1cc(C)c(C(=O)N2CCCN(C(=O)NC3CCCC3)CC2)cc1C. The maximum Gasteiger partial charge on any atom is 0.317 e. The van der Waals surface area contributed by atoms with Crippen molar-refractivity contribution in [3.63, 3.8) is 0 Å². The fourth-order valence-corrected chi connectivity index (χ4v) is 4.07. The summed E-state index contributed by atoms with van der Waals surface area (Å²) in [5.41, 5.74) is 2.60. The van der Waals surface area contributed by atoms with E-state index >= 15 is 0 Å². The molecule has 1 N–H and O–H groups in total. The quantitative estimate of drug-likeness (QED) is 0.886. The molecule has 6 heteroatoms. The van der Waals surface area contributed by atoms with Crippen molar-refractivity contribution in [1.82, 2.24) is 15.1 Å². The minimum atomic E-state index is 0.0210. The lowest BCUT2D eigenvalue weighted by molar-refractivity contribution is 0.0761. The summed E-state index contributed by atoms with van der Waals surface area (Å²) in [6.07, 6.45) is 5.38. The van der Waals surface area contributed by atoms with Crippen LogP contribution in [-0.2, 0) is 0 Å². The molecule has 2 fully saturated rings. The number of benzene rings is 1. The van der Waals surface area contributed by atoms with Crippen LogP contribution in [0.15, 0.2) is 12.1 Å². The van der Waals surface area contributed by atoms with E-state index in [9.17, 15) is 9.59 Å². The summed E-state index contributed by atoms with van der Waals surface area (Å²) < 4.78 is 5.34. The van der Waals surface area contributed by atoms with Crippen LogP contribution in [0.5, 0.6) is 5.75 Å². The predicted octanol–water partition coefficient (Wildman–Crippen LogP) is 3.11. The predicted molar refractivity (Wildman–Crippen MR) is 105 cm³/mol. The van der Waals surface area contributed by atoms with E-state index in [1.54, 1.807) is 7.11 Å². The van der Waals surface area contributed by atoms with E-state index in [0.29, 0.717) is 32.2 Å². The molecule has 3 rings (SSSR count). The molecule has 1 aromatic carbocycles. The highest BCUT2D eigenvalue weighted by Gasteiger charge is 2.26. The molecule has 27 heavy (non-hydrogen) atoms. The first-order valence-corrected chi connectivity index (χ1v) is 9.99. The summed E-state index contributed by atoms with van der Waals surface area (Å²) in [5, 5.41) is 3.15. The van der Waals surface area contributed by atoms with Crippen LogP contribution in [0.25, 0.3) is 0 Å². The number of nitrogens with zero attached hydrogens (tertiary/aromatic N) is 2. The molecular formula is C21H31N3O3. The van der Waals surface area contributed by atoms with Gasteiger partial charge in [-0.15, -0.1) is 0 Å². The Morgan fingerprint density at radius 2 is 1.63 bits per heavy atom. The largest absolute Gasteiger partial charge is 0.496 e. The molecule has 148 valence electrons. The summed E-state index contributed by atoms with van der Waals surface area (Å²) in [7, 11) is 1.64. The van der Waals surface area contributed by atoms with Crippen molar-refractivity contribution in [2.24, 2.45) is 0 Å². The maximum absolute atomic E-state index is 13.0. The smallest absolute Gasteiger partial charge is 0.317 e. The Labute approximate surface area is 161 Å². The Kier molecular flexibility index (Phi) is 6.24. The molecule has 0 unspecified atom stereocenters. The Morgan fingerprint density at radius 3 is 2.33 bits per heavy atom. The van der Waals surface area contributed by atoms with Crippen LogP contribution < -0.4 is 10.1 Å². The normalized spacial score (nSPS) is 18.3. The number of aryl methyl sites for hydroxylation is 2. The Hall–Kier alpha value is -2.24. The molecule has 1 aliphatic carbocycles. The van der Waals surface area contributed by atoms with Gasteiger partial charge < -0.3 is 19.9 Å². The summed E-state index contributed by atoms with van der Waals surface area (Å²) >= 11 is 0. The van der Waals surface area contributed by atoms with Gasteiger partial charge in [0, 0.05) is 37.8 Å². The highest BCUT2D eigenvalue weighted by Crippen LogP contribution is 2.24. The third-order valence-corrected chi connectivity index (χ3v) is 5.73. The molecule has 0 aromatic heterocycles. The minimum Gasteiger partial charge on any atom is -0.496 e. The third kappa shape index (κ3) is 4.54. The highest BCUT2D eigenvalue weighted by atomic mass is 16.5. The molecule has 1 saturated heterocycles. The van der Waals surface area contributed by atoms with E-state index < -0.39 is 0 Å². The molecule has 1 heterocycles. The van der Waals surface area contributed by atoms with E-state index in [4.69, 9.17) is 4.74 Å². The zero-order valence-corrected chi connectivity index (χ0v) is 16.7. The van der Waals surface area contributed by atoms with Gasteiger partial charge in [0.1, 0.15) is 5.75 Å². The molecule has 3 amide bonds. The summed E-state index contributed by atoms with van der Waals surface area (Å²) in [4.78, 5) is 29.3. The zero-order chi connectivity index (χ0) is 19.4. The van der Waals surface area contributed by atoms with Gasteiger partial charge in [-0.05, 0) is 56.4 Å². The van der Waals surface area contributed by atoms with Gasteiger partial charge in [-0.3, -0.25) is 4.79 Å². The lowest BCUT2D eigenvalue weighted by Gasteiger charge is -2.24. The summed E-state index contributed by atoms with van der Waals surface area (Å²) in [5.74, 6) is 0.839. The van der Waals surface area contributed by atoms with Crippen molar-refractivity contribution in [3.8, 4) is 5.75 Å². The first kappa shape index (κ1) is 19.5. The Balaban J connectivity index is 1.62. The molecule has 1 aliphatic heterocycles. The van der Waals surface area contributed by atoms with Crippen LogP contribution >= 0.6 is 0 Å². The number of methoxy groups -OCH3 is 1. The second-order valence-corrected chi connectivity index (χ2v) is 7.70. The van der Waals surface area contributed by atoms with Crippen LogP contribution in [0.4, 0.5) is 4.79 Å². The van der Waals surface area contributed by atoms with Gasteiger partial charge in [0.2, 0.25) is 0 Å². The van der Waals surface area contributed by atoms with Crippen LogP contribution in [0.3, 0.4) is 0 Å². The summed E-state index contributed by atoms with van der Waals surface area (Å²) in [6.45, 7) is 6.42. The van der Waals surface area contributed by atoms with E-state index in [0.717, 1.165) is 41.7 Å². The highest BCUT2D eigenvalue weighted by molar-refractivity contribution is 5.96. The number of carbonyl (C=O) groups excluding carboxylic acids is 2. The van der Waals surface area contributed by atoms with Crippen molar-refractivity contribution in [2.75, 3.05) is 33.3 Å². The number of urea groups is 1. The number of ether oxygens (including phenoxy) is 1. The fraction of sp³-hybridized carbons (Fsp3) is 0.619. The number of hydrogen-bond acceptors (Lipinski definition) is 3. The average Bonchev–Trinajstić information content (AvgIpc) is 3.03. The van der Waals surface area contributed by atoms with E-state index in [1.807, 2.05) is 35.8 Å². The minimum absolute atomic E-state index is 0.0210. The van der Waals surface area contributed by atoms with Crippen LogP contribution in [0.2, 0.25) is 0 Å². The van der Waals surface area contributed by atoms with Crippen molar-refractivity contribution in [2.45, 2.75) is 52.0 Å². The molecule has 0 radical (unpaired) electrons. The van der Waals surface area contributed by atoms with E-state index in [-0.39, 0.29) is 11.9 Å². The van der Waals surface area contributed by atoms with Crippen molar-refractivity contribution < 1.29 is 14.3 Å². The monoisotopic (exact) mass is 373 g/mol. The van der Waals surface area contributed by atoms with E-state index in [2.05, 4.69) is 5.32 Å². The number of carbonyl (C=O) groups is 2. The molecule has 6 nitrogen and oxygen atoms in total. The van der Waals surface area contributed by atoms with Gasteiger partial charge in [0.05, 0.1) is 7.11 Å². The Bertz CT molecular complexity index is 698. The molecule has 2 aliphatic rings. The number of amides is 3. The average molecular weight is 373 g/mol. The zero-order valence-electron chi connectivity index (χ0n) is 16.7. The lowest BCUT2D eigenvalue weighted by atomic mass is 10.0. The van der Waals surface area contributed by atoms with Gasteiger partial charge in [-0.25, -0.2) is 4.79 Å². The first-order valence-electron chi connectivity index (χ1n) is 9.99. The first-order chi connectivity index (χ1) is 13.0. The van der Waals surface area contributed by atoms with Gasteiger partial charge in [-0.2, -0.15) is 0 Å². The molecule has 1 aromatic rings. The third-order valence-electron chi connectivity index (χ3n) is 5.73. The number of nitrogens with one attached hydrogen (secondary N) is 1. The Morgan fingerprint density at radius 1 is 0.963 bits per heavy atom. The van der Waals surface area contributed by atoms with Crippen LogP contribution in [0, 0.1) is 13.8 Å². The van der Waals surface area contributed by atoms with Crippen LogP contribution in [0.1, 0.15) is 53.6 Å². The molecular weight excluding hydrogens is 342 g/mol. The van der Waals surface area contributed by atoms with Gasteiger partial charge in [-0.1, -0.05) is 12.8 Å². The second kappa shape index (κ2) is 8.63. The van der Waals surface area contributed by atoms with Crippen LogP contribution in [-0.4, -0.2) is 61.1 Å². The molecule has 1 saturated carbocycles. The van der Waals surface area contributed by atoms with Crippen molar-refractivity contribution in [3.05, 3.63) is 28.8 Å². The lowest BCUT2D eigenvalue weighted by Crippen LogP contribution is -2.45. The number of rotatable bonds is 3. The molecule has 0 spiro atoms. The summed E-state index contributed by atoms with van der Waals surface area (Å²) in [6, 6.07) is 4.17. The van der Waals surface area contributed by atoms with Crippen molar-refractivity contribution in [1.29, 1.82) is 0 Å². The fourth-order valence-electron chi connectivity index (χ4n) is 4.07. The molecule has 0 atom stereocenters. The topological polar surface area (TPSA) is 61.9 Å². The van der Waals surface area contributed by atoms with Gasteiger partial charge in [0.25, 0.3) is 5.91 Å². The molecule has 0 bridgehead atoms. The van der Waals surface area contributed by atoms with Gasteiger partial charge >= 0.3 is 6.03 Å². The van der Waals surface area contributed by atoms with E-state index in [1.165, 1.54) is 12.8 Å². The van der Waals surface area contributed by atoms with Crippen molar-refractivity contribution >= 4 is 11.9 Å². The van der Waals surface area contributed by atoms with Gasteiger partial charge in [0.15, 0.2) is 0 Å². The second-order valence-electron chi connectivity index (χ2n) is 7.70. The standard InChI is InChI=1S/C21H31N3O3/c1-15-14-19(27-3)16(2)13-18(15)20(25)23-9-6-10-24(12-11-23)21(26)22-17-7-4-5-8-17/h13-14,17H,4-12H2,1-3H3,(H,22,26). The maximum atomic E-state index is 13.0.